The lowest BCUT2D eigenvalue weighted by Gasteiger charge is -2.29. The Morgan fingerprint density at radius 1 is 0.806 bits per heavy atom. The molecule has 0 radical (unpaired) electrons. The van der Waals surface area contributed by atoms with E-state index in [1.807, 2.05) is 12.1 Å². The van der Waals surface area contributed by atoms with E-state index in [9.17, 15) is 4.39 Å². The van der Waals surface area contributed by atoms with Crippen LogP contribution in [-0.2, 0) is 13.0 Å². The average molecular weight is 495 g/mol. The Morgan fingerprint density at radius 3 is 2.22 bits per heavy atom. The number of ether oxygens (including phenoxy) is 1. The summed E-state index contributed by atoms with van der Waals surface area (Å²) >= 11 is 0. The number of rotatable bonds is 10. The van der Waals surface area contributed by atoms with Crippen LogP contribution in [0.3, 0.4) is 0 Å². The van der Waals surface area contributed by atoms with Crippen LogP contribution in [0.15, 0.2) is 54.6 Å². The van der Waals surface area contributed by atoms with Crippen molar-refractivity contribution in [3.05, 3.63) is 88.7 Å². The first kappa shape index (κ1) is 26.3. The van der Waals surface area contributed by atoms with Gasteiger partial charge in [-0.2, -0.15) is 0 Å². The van der Waals surface area contributed by atoms with Gasteiger partial charge in [0.25, 0.3) is 0 Å². The highest BCUT2D eigenvalue weighted by atomic mass is 19.2. The molecule has 0 heterocycles. The quantitative estimate of drug-likeness (QED) is 0.272. The molecule has 0 amide bonds. The van der Waals surface area contributed by atoms with Crippen LogP contribution in [0, 0.1) is 23.4 Å². The van der Waals surface area contributed by atoms with Crippen LogP contribution >= 0.6 is 0 Å². The third-order valence-corrected chi connectivity index (χ3v) is 7.58. The summed E-state index contributed by atoms with van der Waals surface area (Å²) in [6.45, 7) is 4.53. The lowest BCUT2D eigenvalue weighted by Crippen LogP contribution is -2.14. The van der Waals surface area contributed by atoms with Crippen LogP contribution in [0.2, 0.25) is 0 Å². The van der Waals surface area contributed by atoms with Gasteiger partial charge in [-0.3, -0.25) is 0 Å². The fourth-order valence-corrected chi connectivity index (χ4v) is 5.42. The minimum atomic E-state index is -0.782. The number of hydrogen-bond acceptors (Lipinski definition) is 1. The van der Waals surface area contributed by atoms with Gasteiger partial charge in [-0.15, -0.1) is 0 Å². The van der Waals surface area contributed by atoms with Crippen LogP contribution in [-0.4, -0.2) is 0 Å². The van der Waals surface area contributed by atoms with Crippen LogP contribution < -0.4 is 4.74 Å². The fourth-order valence-electron chi connectivity index (χ4n) is 5.42. The molecule has 1 aliphatic rings. The van der Waals surface area contributed by atoms with E-state index >= 15 is 8.78 Å². The molecule has 3 aromatic rings. The molecule has 36 heavy (non-hydrogen) atoms. The van der Waals surface area contributed by atoms with Crippen molar-refractivity contribution in [1.29, 1.82) is 0 Å². The van der Waals surface area contributed by atoms with E-state index in [1.54, 1.807) is 36.4 Å². The molecule has 192 valence electrons. The van der Waals surface area contributed by atoms with E-state index in [2.05, 4.69) is 13.8 Å². The van der Waals surface area contributed by atoms with E-state index in [1.165, 1.54) is 18.9 Å². The summed E-state index contributed by atoms with van der Waals surface area (Å²) in [6.07, 6.45) is 9.19. The summed E-state index contributed by atoms with van der Waals surface area (Å²) in [5.41, 5.74) is 2.85. The van der Waals surface area contributed by atoms with Crippen LogP contribution in [0.5, 0.6) is 5.75 Å². The topological polar surface area (TPSA) is 9.23 Å². The molecule has 0 N–H and O–H groups in total. The summed E-state index contributed by atoms with van der Waals surface area (Å²) in [5.74, 6) is -0.275. The smallest absolute Gasteiger partial charge is 0.166 e. The van der Waals surface area contributed by atoms with Gasteiger partial charge in [0.05, 0.1) is 0 Å². The van der Waals surface area contributed by atoms with Gasteiger partial charge in [0.2, 0.25) is 0 Å². The number of aryl methyl sites for hydroxylation is 1. The maximum atomic E-state index is 15.1. The standard InChI is InChI=1S/C32H37F3O/c1-3-5-7-26-13-10-23(20-30(26)33)21-36-27-16-14-25(15-17-27)29-19-18-28(31(34)32(29)35)24-11-8-22(6-4-2)9-12-24/h10,13-20,22,24H,3-9,11-12,21H2,1-2H3. The first-order valence-corrected chi connectivity index (χ1v) is 13.5. The van der Waals surface area contributed by atoms with Crippen LogP contribution in [0.1, 0.15) is 87.8 Å². The third kappa shape index (κ3) is 6.32. The Morgan fingerprint density at radius 2 is 1.56 bits per heavy atom. The molecule has 3 aromatic carbocycles. The van der Waals surface area contributed by atoms with Crippen molar-refractivity contribution < 1.29 is 17.9 Å². The van der Waals surface area contributed by atoms with Gasteiger partial charge in [0, 0.05) is 5.56 Å². The predicted molar refractivity (Wildman–Crippen MR) is 141 cm³/mol. The minimum Gasteiger partial charge on any atom is -0.489 e. The van der Waals surface area contributed by atoms with Gasteiger partial charge >= 0.3 is 0 Å². The molecule has 1 saturated carbocycles. The highest BCUT2D eigenvalue weighted by molar-refractivity contribution is 5.65. The van der Waals surface area contributed by atoms with E-state index in [0.29, 0.717) is 16.9 Å². The number of unbranched alkanes of at least 4 members (excludes halogenated alkanes) is 1. The highest BCUT2D eigenvalue weighted by Crippen LogP contribution is 2.40. The number of hydrogen-bond donors (Lipinski definition) is 0. The molecule has 0 unspecified atom stereocenters. The largest absolute Gasteiger partial charge is 0.489 e. The normalized spacial score (nSPS) is 17.8. The lowest BCUT2D eigenvalue weighted by atomic mass is 9.77. The second-order valence-electron chi connectivity index (χ2n) is 10.2. The molecule has 4 rings (SSSR count). The Bertz CT molecular complexity index is 1130. The molecular weight excluding hydrogens is 457 g/mol. The van der Waals surface area contributed by atoms with Crippen LogP contribution in [0.25, 0.3) is 11.1 Å². The zero-order valence-electron chi connectivity index (χ0n) is 21.5. The van der Waals surface area contributed by atoms with Crippen molar-refractivity contribution in [3.63, 3.8) is 0 Å². The van der Waals surface area contributed by atoms with Gasteiger partial charge < -0.3 is 4.74 Å². The van der Waals surface area contributed by atoms with Crippen molar-refractivity contribution in [1.82, 2.24) is 0 Å². The van der Waals surface area contributed by atoms with Crippen LogP contribution in [0.4, 0.5) is 13.2 Å². The number of benzene rings is 3. The molecule has 0 aliphatic heterocycles. The predicted octanol–water partition coefficient (Wildman–Crippen LogP) is 9.77. The summed E-state index contributed by atoms with van der Waals surface area (Å²) in [5, 5.41) is 0. The zero-order chi connectivity index (χ0) is 25.5. The maximum Gasteiger partial charge on any atom is 0.166 e. The Hall–Kier alpha value is -2.75. The molecule has 4 heteroatoms. The fraction of sp³-hybridized carbons (Fsp3) is 0.438. The second-order valence-corrected chi connectivity index (χ2v) is 10.2. The molecule has 0 spiro atoms. The van der Waals surface area contributed by atoms with Crippen molar-refractivity contribution >= 4 is 0 Å². The van der Waals surface area contributed by atoms with E-state index in [4.69, 9.17) is 4.74 Å². The summed E-state index contributed by atoms with van der Waals surface area (Å²) < 4.78 is 50.2. The minimum absolute atomic E-state index is 0.1000. The Kier molecular flexibility index (Phi) is 9.12. The summed E-state index contributed by atoms with van der Waals surface area (Å²) in [4.78, 5) is 0. The van der Waals surface area contributed by atoms with E-state index in [-0.39, 0.29) is 23.9 Å². The molecule has 1 nitrogen and oxygen atoms in total. The third-order valence-electron chi connectivity index (χ3n) is 7.58. The molecular formula is C32H37F3O. The van der Waals surface area contributed by atoms with Gasteiger partial charge in [0.15, 0.2) is 11.6 Å². The molecule has 0 bridgehead atoms. The van der Waals surface area contributed by atoms with Gasteiger partial charge in [0.1, 0.15) is 18.2 Å². The summed E-state index contributed by atoms with van der Waals surface area (Å²) in [6, 6.07) is 15.6. The number of halogens is 3. The van der Waals surface area contributed by atoms with Crippen molar-refractivity contribution in [2.75, 3.05) is 0 Å². The van der Waals surface area contributed by atoms with Gasteiger partial charge in [-0.25, -0.2) is 13.2 Å². The highest BCUT2D eigenvalue weighted by Gasteiger charge is 2.26. The molecule has 1 fully saturated rings. The maximum absolute atomic E-state index is 15.1. The first-order chi connectivity index (χ1) is 17.5. The van der Waals surface area contributed by atoms with E-state index in [0.717, 1.165) is 62.0 Å². The van der Waals surface area contributed by atoms with Crippen molar-refractivity contribution in [3.8, 4) is 16.9 Å². The SMILES string of the molecule is CCCCc1ccc(COc2ccc(-c3ccc(C4CCC(CCC)CC4)c(F)c3F)cc2)cc1F. The average Bonchev–Trinajstić information content (AvgIpc) is 2.90. The second kappa shape index (κ2) is 12.5. The molecule has 1 aliphatic carbocycles. The monoisotopic (exact) mass is 494 g/mol. The lowest BCUT2D eigenvalue weighted by molar-refractivity contribution is 0.303. The zero-order valence-corrected chi connectivity index (χ0v) is 21.5. The van der Waals surface area contributed by atoms with E-state index < -0.39 is 11.6 Å². The summed E-state index contributed by atoms with van der Waals surface area (Å²) in [7, 11) is 0. The Balaban J connectivity index is 1.39. The van der Waals surface area contributed by atoms with Crippen molar-refractivity contribution in [2.24, 2.45) is 5.92 Å². The first-order valence-electron chi connectivity index (χ1n) is 13.5. The molecule has 0 aromatic heterocycles. The molecule has 0 saturated heterocycles. The van der Waals surface area contributed by atoms with Gasteiger partial charge in [-0.1, -0.05) is 69.5 Å². The Labute approximate surface area is 213 Å². The van der Waals surface area contributed by atoms with Crippen molar-refractivity contribution in [2.45, 2.75) is 84.2 Å². The van der Waals surface area contributed by atoms with Gasteiger partial charge in [-0.05, 0) is 90.8 Å². The molecule has 0 atom stereocenters.